The van der Waals surface area contributed by atoms with Crippen LogP contribution in [0.15, 0.2) is 6.20 Å². The average Bonchev–Trinajstić information content (AvgIpc) is 2.94. The first-order valence-electron chi connectivity index (χ1n) is 6.69. The van der Waals surface area contributed by atoms with Crippen molar-refractivity contribution in [2.45, 2.75) is 58.0 Å². The first-order valence-corrected chi connectivity index (χ1v) is 7.07. The SMILES string of the molecule is CCn1ncc(Cl)c1C(N)CCC1CCCC1. The van der Waals surface area contributed by atoms with Crippen molar-refractivity contribution in [3.05, 3.63) is 16.9 Å². The summed E-state index contributed by atoms with van der Waals surface area (Å²) in [6.07, 6.45) is 9.51. The van der Waals surface area contributed by atoms with E-state index in [-0.39, 0.29) is 6.04 Å². The topological polar surface area (TPSA) is 43.8 Å². The summed E-state index contributed by atoms with van der Waals surface area (Å²) in [5.41, 5.74) is 7.26. The molecule has 1 heterocycles. The smallest absolute Gasteiger partial charge is 0.0834 e. The number of hydrogen-bond donors (Lipinski definition) is 1. The van der Waals surface area contributed by atoms with Crippen LogP contribution in [0.25, 0.3) is 0 Å². The van der Waals surface area contributed by atoms with Gasteiger partial charge in [-0.25, -0.2) is 0 Å². The molecule has 1 fully saturated rings. The molecule has 0 saturated heterocycles. The van der Waals surface area contributed by atoms with Gasteiger partial charge in [0.15, 0.2) is 0 Å². The summed E-state index contributed by atoms with van der Waals surface area (Å²) in [7, 11) is 0. The average molecular weight is 256 g/mol. The first-order chi connectivity index (χ1) is 8.22. The van der Waals surface area contributed by atoms with Gasteiger partial charge in [-0.2, -0.15) is 5.10 Å². The number of nitrogens with zero attached hydrogens (tertiary/aromatic N) is 2. The number of aromatic nitrogens is 2. The fraction of sp³-hybridized carbons (Fsp3) is 0.769. The van der Waals surface area contributed by atoms with Crippen LogP contribution in [0.4, 0.5) is 0 Å². The van der Waals surface area contributed by atoms with Crippen LogP contribution in [-0.2, 0) is 6.54 Å². The number of hydrogen-bond acceptors (Lipinski definition) is 2. The molecule has 1 aromatic heterocycles. The maximum absolute atomic E-state index is 6.25. The van der Waals surface area contributed by atoms with Gasteiger partial charge in [-0.05, 0) is 25.7 Å². The van der Waals surface area contributed by atoms with E-state index in [1.807, 2.05) is 4.68 Å². The third-order valence-corrected chi connectivity index (χ3v) is 4.14. The zero-order valence-electron chi connectivity index (χ0n) is 10.5. The van der Waals surface area contributed by atoms with Crippen molar-refractivity contribution in [2.24, 2.45) is 11.7 Å². The molecule has 1 saturated carbocycles. The van der Waals surface area contributed by atoms with Gasteiger partial charge < -0.3 is 5.73 Å². The Morgan fingerprint density at radius 2 is 2.24 bits per heavy atom. The van der Waals surface area contributed by atoms with Gasteiger partial charge in [-0.3, -0.25) is 4.68 Å². The lowest BCUT2D eigenvalue weighted by molar-refractivity contribution is 0.440. The van der Waals surface area contributed by atoms with Crippen LogP contribution in [0.2, 0.25) is 5.02 Å². The zero-order chi connectivity index (χ0) is 12.3. The molecule has 0 spiro atoms. The van der Waals surface area contributed by atoms with Crippen molar-refractivity contribution in [1.82, 2.24) is 9.78 Å². The van der Waals surface area contributed by atoms with Gasteiger partial charge >= 0.3 is 0 Å². The predicted molar refractivity (Wildman–Crippen MR) is 71.0 cm³/mol. The molecule has 1 unspecified atom stereocenters. The molecule has 17 heavy (non-hydrogen) atoms. The molecular formula is C13H22ClN3. The molecule has 96 valence electrons. The molecule has 2 rings (SSSR count). The maximum Gasteiger partial charge on any atom is 0.0834 e. The van der Waals surface area contributed by atoms with Crippen molar-refractivity contribution < 1.29 is 0 Å². The first kappa shape index (κ1) is 12.9. The molecule has 1 aromatic rings. The van der Waals surface area contributed by atoms with E-state index >= 15 is 0 Å². The quantitative estimate of drug-likeness (QED) is 0.875. The Bertz CT molecular complexity index is 356. The van der Waals surface area contributed by atoms with Crippen LogP contribution in [0.5, 0.6) is 0 Å². The van der Waals surface area contributed by atoms with Gasteiger partial charge in [0.1, 0.15) is 0 Å². The van der Waals surface area contributed by atoms with Gasteiger partial charge in [0.2, 0.25) is 0 Å². The zero-order valence-corrected chi connectivity index (χ0v) is 11.3. The van der Waals surface area contributed by atoms with Crippen LogP contribution >= 0.6 is 11.6 Å². The highest BCUT2D eigenvalue weighted by Crippen LogP contribution is 2.32. The standard InChI is InChI=1S/C13H22ClN3/c1-2-17-13(11(14)9-16-17)12(15)8-7-10-5-3-4-6-10/h9-10,12H,2-8,15H2,1H3. The largest absolute Gasteiger partial charge is 0.323 e. The molecule has 4 heteroatoms. The molecule has 0 radical (unpaired) electrons. The number of aryl methyl sites for hydroxylation is 1. The van der Waals surface area contributed by atoms with Crippen LogP contribution < -0.4 is 5.73 Å². The van der Waals surface area contributed by atoms with Crippen molar-refractivity contribution in [3.63, 3.8) is 0 Å². The van der Waals surface area contributed by atoms with E-state index in [0.29, 0.717) is 5.02 Å². The third-order valence-electron chi connectivity index (χ3n) is 3.84. The second kappa shape index (κ2) is 5.87. The lowest BCUT2D eigenvalue weighted by Gasteiger charge is -2.16. The Balaban J connectivity index is 1.93. The molecule has 0 bridgehead atoms. The number of rotatable bonds is 5. The molecular weight excluding hydrogens is 234 g/mol. The molecule has 0 aliphatic heterocycles. The Hall–Kier alpha value is -0.540. The van der Waals surface area contributed by atoms with Gasteiger partial charge in [0.25, 0.3) is 0 Å². The summed E-state index contributed by atoms with van der Waals surface area (Å²) in [4.78, 5) is 0. The summed E-state index contributed by atoms with van der Waals surface area (Å²) in [5.74, 6) is 0.887. The Morgan fingerprint density at radius 3 is 2.88 bits per heavy atom. The fourth-order valence-electron chi connectivity index (χ4n) is 2.84. The summed E-state index contributed by atoms with van der Waals surface area (Å²) in [5, 5.41) is 4.95. The molecule has 2 N–H and O–H groups in total. The van der Waals surface area contributed by atoms with E-state index in [4.69, 9.17) is 17.3 Å². The van der Waals surface area contributed by atoms with Gasteiger partial charge in [-0.1, -0.05) is 37.3 Å². The Labute approximate surface area is 108 Å². The van der Waals surface area contributed by atoms with E-state index in [9.17, 15) is 0 Å². The Morgan fingerprint density at radius 1 is 1.53 bits per heavy atom. The van der Waals surface area contributed by atoms with Crippen molar-refractivity contribution in [2.75, 3.05) is 0 Å². The van der Waals surface area contributed by atoms with Crippen molar-refractivity contribution >= 4 is 11.6 Å². The predicted octanol–water partition coefficient (Wildman–Crippen LogP) is 3.53. The highest BCUT2D eigenvalue weighted by Gasteiger charge is 2.20. The summed E-state index contributed by atoms with van der Waals surface area (Å²) in [6, 6.07) is 0.0329. The van der Waals surface area contributed by atoms with E-state index in [2.05, 4.69) is 12.0 Å². The second-order valence-corrected chi connectivity index (χ2v) is 5.44. The molecule has 1 atom stereocenters. The highest BCUT2D eigenvalue weighted by atomic mass is 35.5. The maximum atomic E-state index is 6.25. The van der Waals surface area contributed by atoms with Gasteiger partial charge in [0.05, 0.1) is 16.9 Å². The van der Waals surface area contributed by atoms with Crippen LogP contribution in [-0.4, -0.2) is 9.78 Å². The molecule has 0 aromatic carbocycles. The van der Waals surface area contributed by atoms with Gasteiger partial charge in [-0.15, -0.1) is 0 Å². The Kier molecular flexibility index (Phi) is 4.46. The van der Waals surface area contributed by atoms with Crippen molar-refractivity contribution in [3.8, 4) is 0 Å². The van der Waals surface area contributed by atoms with E-state index in [1.54, 1.807) is 6.20 Å². The van der Waals surface area contributed by atoms with E-state index in [0.717, 1.165) is 24.6 Å². The number of halogens is 1. The summed E-state index contributed by atoms with van der Waals surface area (Å²) < 4.78 is 1.92. The third kappa shape index (κ3) is 3.02. The monoisotopic (exact) mass is 255 g/mol. The summed E-state index contributed by atoms with van der Waals surface area (Å²) in [6.45, 7) is 2.90. The second-order valence-electron chi connectivity index (χ2n) is 5.03. The van der Waals surface area contributed by atoms with Crippen LogP contribution in [0.3, 0.4) is 0 Å². The fourth-order valence-corrected chi connectivity index (χ4v) is 3.12. The lowest BCUT2D eigenvalue weighted by Crippen LogP contribution is -2.17. The normalized spacial score (nSPS) is 18.8. The minimum atomic E-state index is 0.0329. The van der Waals surface area contributed by atoms with Crippen LogP contribution in [0.1, 0.15) is 57.2 Å². The van der Waals surface area contributed by atoms with Crippen molar-refractivity contribution in [1.29, 1.82) is 0 Å². The molecule has 1 aliphatic carbocycles. The van der Waals surface area contributed by atoms with E-state index < -0.39 is 0 Å². The van der Waals surface area contributed by atoms with Crippen LogP contribution in [0, 0.1) is 5.92 Å². The lowest BCUT2D eigenvalue weighted by atomic mass is 9.97. The van der Waals surface area contributed by atoms with Gasteiger partial charge in [0, 0.05) is 12.6 Å². The minimum Gasteiger partial charge on any atom is -0.323 e. The summed E-state index contributed by atoms with van der Waals surface area (Å²) >= 11 is 6.15. The number of nitrogens with two attached hydrogens (primary N) is 1. The van der Waals surface area contributed by atoms with E-state index in [1.165, 1.54) is 32.1 Å². The molecule has 3 nitrogen and oxygen atoms in total. The highest BCUT2D eigenvalue weighted by molar-refractivity contribution is 6.31. The minimum absolute atomic E-state index is 0.0329. The molecule has 1 aliphatic rings. The molecule has 0 amide bonds.